The average molecular weight is 568 g/mol. The Morgan fingerprint density at radius 2 is 1.76 bits per heavy atom. The quantitative estimate of drug-likeness (QED) is 0.442. The molecule has 1 aromatic heterocycles. The molecule has 0 aliphatic carbocycles. The number of hydrogen-bond donors (Lipinski definition) is 2. The highest BCUT2D eigenvalue weighted by molar-refractivity contribution is 5.97. The number of hydrogen-bond acceptors (Lipinski definition) is 8. The molecular formula is C29H37N5O7. The predicted octanol–water partition coefficient (Wildman–Crippen LogP) is 2.24. The summed E-state index contributed by atoms with van der Waals surface area (Å²) in [7, 11) is 1.68. The van der Waals surface area contributed by atoms with Gasteiger partial charge in [0.2, 0.25) is 5.91 Å². The van der Waals surface area contributed by atoms with Gasteiger partial charge in [0, 0.05) is 64.0 Å². The second-order valence-electron chi connectivity index (χ2n) is 10.0. The minimum Gasteiger partial charge on any atom is -0.481 e. The van der Waals surface area contributed by atoms with Crippen molar-refractivity contribution >= 4 is 29.6 Å². The first-order valence-corrected chi connectivity index (χ1v) is 13.9. The summed E-state index contributed by atoms with van der Waals surface area (Å²) in [5.74, 6) is -2.04. The van der Waals surface area contributed by atoms with Crippen LogP contribution in [-0.2, 0) is 19.1 Å². The monoisotopic (exact) mass is 567 g/mol. The molecule has 4 rings (SSSR count). The van der Waals surface area contributed by atoms with Gasteiger partial charge in [-0.25, -0.2) is 9.78 Å². The molecule has 41 heavy (non-hydrogen) atoms. The number of pyridine rings is 1. The molecule has 2 aliphatic heterocycles. The molecule has 2 aliphatic rings. The van der Waals surface area contributed by atoms with E-state index in [1.54, 1.807) is 20.1 Å². The molecule has 12 heteroatoms. The molecule has 2 atom stereocenters. The molecule has 2 N–H and O–H groups in total. The van der Waals surface area contributed by atoms with Crippen LogP contribution >= 0.6 is 0 Å². The Morgan fingerprint density at radius 1 is 1.05 bits per heavy atom. The van der Waals surface area contributed by atoms with E-state index in [9.17, 15) is 24.3 Å². The minimum absolute atomic E-state index is 0.0785. The van der Waals surface area contributed by atoms with Crippen molar-refractivity contribution in [3.63, 3.8) is 0 Å². The maximum atomic E-state index is 13.6. The fourth-order valence-electron chi connectivity index (χ4n) is 5.03. The molecule has 0 unspecified atom stereocenters. The van der Waals surface area contributed by atoms with Gasteiger partial charge in [-0.3, -0.25) is 14.4 Å². The van der Waals surface area contributed by atoms with Gasteiger partial charge in [-0.05, 0) is 31.9 Å². The predicted molar refractivity (Wildman–Crippen MR) is 151 cm³/mol. The van der Waals surface area contributed by atoms with Crippen molar-refractivity contribution in [2.45, 2.75) is 38.3 Å². The van der Waals surface area contributed by atoms with Gasteiger partial charge in [0.15, 0.2) is 0 Å². The van der Waals surface area contributed by atoms with Crippen LogP contribution in [0.5, 0.6) is 0 Å². The summed E-state index contributed by atoms with van der Waals surface area (Å²) in [6.07, 6.45) is 0.128. The lowest BCUT2D eigenvalue weighted by atomic mass is 10.1. The number of rotatable bonds is 10. The fraction of sp³-hybridized carbons (Fsp3) is 0.483. The first-order chi connectivity index (χ1) is 19.8. The zero-order valence-electron chi connectivity index (χ0n) is 23.5. The van der Waals surface area contributed by atoms with Crippen molar-refractivity contribution in [2.75, 3.05) is 57.9 Å². The molecule has 3 heterocycles. The van der Waals surface area contributed by atoms with Crippen LogP contribution in [0.1, 0.15) is 36.7 Å². The van der Waals surface area contributed by atoms with Crippen molar-refractivity contribution < 1.29 is 33.8 Å². The zero-order chi connectivity index (χ0) is 29.4. The lowest BCUT2D eigenvalue weighted by Gasteiger charge is -2.36. The summed E-state index contributed by atoms with van der Waals surface area (Å²) in [6.45, 7) is 4.48. The number of carbonyl (C=O) groups is 4. The van der Waals surface area contributed by atoms with E-state index in [0.29, 0.717) is 12.2 Å². The first-order valence-electron chi connectivity index (χ1n) is 13.9. The van der Waals surface area contributed by atoms with Crippen molar-refractivity contribution in [3.05, 3.63) is 48.2 Å². The Hall–Kier alpha value is -4.19. The molecule has 2 aromatic rings. The van der Waals surface area contributed by atoms with Crippen LogP contribution in [0.15, 0.2) is 42.5 Å². The van der Waals surface area contributed by atoms with Gasteiger partial charge in [0.25, 0.3) is 5.91 Å². The number of methoxy groups -OCH3 is 1. The lowest BCUT2D eigenvalue weighted by Crippen LogP contribution is -2.56. The summed E-state index contributed by atoms with van der Waals surface area (Å²) in [6, 6.07) is 12.1. The molecule has 0 bridgehead atoms. The topological polar surface area (TPSA) is 142 Å². The third-order valence-electron chi connectivity index (χ3n) is 7.32. The number of aliphatic carboxylic acids is 1. The number of carboxylic acid groups (broad SMARTS) is 1. The lowest BCUT2D eigenvalue weighted by molar-refractivity contribution is -0.138. The second-order valence-corrected chi connectivity index (χ2v) is 10.0. The number of anilines is 1. The number of carboxylic acids is 1. The number of aromatic nitrogens is 1. The number of piperazine rings is 1. The fourth-order valence-corrected chi connectivity index (χ4v) is 5.03. The van der Waals surface area contributed by atoms with Crippen LogP contribution in [0.4, 0.5) is 10.5 Å². The molecule has 12 nitrogen and oxygen atoms in total. The Labute approximate surface area is 239 Å². The highest BCUT2D eigenvalue weighted by Crippen LogP contribution is 2.27. The van der Waals surface area contributed by atoms with Crippen molar-refractivity contribution in [1.82, 2.24) is 20.1 Å². The summed E-state index contributed by atoms with van der Waals surface area (Å²) >= 11 is 0. The summed E-state index contributed by atoms with van der Waals surface area (Å²) in [5.41, 5.74) is 2.39. The SMILES string of the molecule is CCOC(=O)N1CCN(C(=O)[C@H](CCC(=O)O)NC(=O)c2cc(N3CC[C@H](OC)C3)cc(-c3ccccc3)n2)CC1. The zero-order valence-corrected chi connectivity index (χ0v) is 23.5. The van der Waals surface area contributed by atoms with Crippen LogP contribution < -0.4 is 10.2 Å². The molecule has 1 aromatic carbocycles. The van der Waals surface area contributed by atoms with Gasteiger partial charge in [0.1, 0.15) is 11.7 Å². The standard InChI is InChI=1S/C29H37N5O7/c1-3-41-29(39)33-15-13-32(14-16-33)28(38)23(9-10-26(35)36)31-27(37)25-18-21(34-12-11-22(19-34)40-2)17-24(30-25)20-7-5-4-6-8-20/h4-8,17-18,22-23H,3,9-16,19H2,1-2H3,(H,31,37)(H,35,36)/t22-,23-/m0/s1. The van der Waals surface area contributed by atoms with Crippen LogP contribution in [0.2, 0.25) is 0 Å². The van der Waals surface area contributed by atoms with Crippen molar-refractivity contribution in [2.24, 2.45) is 0 Å². The Kier molecular flexibility index (Phi) is 10.1. The van der Waals surface area contributed by atoms with Gasteiger partial charge in [-0.15, -0.1) is 0 Å². The van der Waals surface area contributed by atoms with E-state index in [-0.39, 0.29) is 57.4 Å². The number of benzene rings is 1. The van der Waals surface area contributed by atoms with Gasteiger partial charge in [-0.1, -0.05) is 30.3 Å². The summed E-state index contributed by atoms with van der Waals surface area (Å²) in [5, 5.41) is 12.0. The Balaban J connectivity index is 1.54. The van der Waals surface area contributed by atoms with E-state index in [2.05, 4.69) is 15.2 Å². The van der Waals surface area contributed by atoms with E-state index in [4.69, 9.17) is 9.47 Å². The van der Waals surface area contributed by atoms with Crippen LogP contribution in [0, 0.1) is 0 Å². The largest absolute Gasteiger partial charge is 0.481 e. The normalized spacial score (nSPS) is 17.7. The molecule has 2 fully saturated rings. The van der Waals surface area contributed by atoms with E-state index in [1.807, 2.05) is 36.4 Å². The van der Waals surface area contributed by atoms with Gasteiger partial charge in [-0.2, -0.15) is 0 Å². The maximum Gasteiger partial charge on any atom is 0.409 e. The van der Waals surface area contributed by atoms with Crippen molar-refractivity contribution in [3.8, 4) is 11.3 Å². The minimum atomic E-state index is -1.07. The number of nitrogens with one attached hydrogen (secondary N) is 1. The van der Waals surface area contributed by atoms with Crippen LogP contribution in [-0.4, -0.2) is 109 Å². The summed E-state index contributed by atoms with van der Waals surface area (Å²) in [4.78, 5) is 60.2. The number of nitrogens with zero attached hydrogens (tertiary/aromatic N) is 4. The first kappa shape index (κ1) is 29.8. The van der Waals surface area contributed by atoms with Crippen molar-refractivity contribution in [1.29, 1.82) is 0 Å². The molecule has 0 radical (unpaired) electrons. The van der Waals surface area contributed by atoms with E-state index in [0.717, 1.165) is 24.2 Å². The molecule has 2 saturated heterocycles. The van der Waals surface area contributed by atoms with E-state index in [1.165, 1.54) is 9.80 Å². The third kappa shape index (κ3) is 7.72. The third-order valence-corrected chi connectivity index (χ3v) is 7.32. The molecule has 220 valence electrons. The second kappa shape index (κ2) is 13.9. The maximum absolute atomic E-state index is 13.6. The smallest absolute Gasteiger partial charge is 0.409 e. The van der Waals surface area contributed by atoms with Crippen LogP contribution in [0.3, 0.4) is 0 Å². The Morgan fingerprint density at radius 3 is 2.39 bits per heavy atom. The number of amides is 3. The van der Waals surface area contributed by atoms with Gasteiger partial charge >= 0.3 is 12.1 Å². The molecular weight excluding hydrogens is 530 g/mol. The summed E-state index contributed by atoms with van der Waals surface area (Å²) < 4.78 is 10.6. The van der Waals surface area contributed by atoms with E-state index >= 15 is 0 Å². The highest BCUT2D eigenvalue weighted by Gasteiger charge is 2.32. The van der Waals surface area contributed by atoms with Gasteiger partial charge < -0.3 is 34.6 Å². The number of carbonyl (C=O) groups excluding carboxylic acids is 3. The highest BCUT2D eigenvalue weighted by atomic mass is 16.6. The molecule has 0 saturated carbocycles. The Bertz CT molecular complexity index is 1230. The van der Waals surface area contributed by atoms with Gasteiger partial charge in [0.05, 0.1) is 18.4 Å². The van der Waals surface area contributed by atoms with Crippen LogP contribution in [0.25, 0.3) is 11.3 Å². The molecule has 3 amide bonds. The molecule has 0 spiro atoms. The average Bonchev–Trinajstić information content (AvgIpc) is 3.49. The van der Waals surface area contributed by atoms with E-state index < -0.39 is 29.9 Å². The number of ether oxygens (including phenoxy) is 2.